The Balaban J connectivity index is 2.21. The summed E-state index contributed by atoms with van der Waals surface area (Å²) in [4.78, 5) is 0. The van der Waals surface area contributed by atoms with Crippen LogP contribution in [0.3, 0.4) is 0 Å². The monoisotopic (exact) mass is 250 g/mol. The highest BCUT2D eigenvalue weighted by atomic mass is 16.6. The summed E-state index contributed by atoms with van der Waals surface area (Å²) in [6, 6.07) is 6.00. The SMILES string of the molecule is CCC(CC1OC1C)c1cc(OC)ccc1OC. The molecule has 1 aliphatic heterocycles. The number of hydrogen-bond acceptors (Lipinski definition) is 3. The number of benzene rings is 1. The minimum Gasteiger partial charge on any atom is -0.497 e. The maximum atomic E-state index is 5.53. The van der Waals surface area contributed by atoms with Gasteiger partial charge in [-0.1, -0.05) is 6.92 Å². The Morgan fingerprint density at radius 2 is 2.00 bits per heavy atom. The highest BCUT2D eigenvalue weighted by Gasteiger charge is 2.36. The molecule has 0 radical (unpaired) electrons. The molecular weight excluding hydrogens is 228 g/mol. The van der Waals surface area contributed by atoms with Crippen LogP contribution >= 0.6 is 0 Å². The summed E-state index contributed by atoms with van der Waals surface area (Å²) in [5.41, 5.74) is 1.22. The fraction of sp³-hybridized carbons (Fsp3) is 0.600. The number of epoxide rings is 1. The van der Waals surface area contributed by atoms with E-state index in [-0.39, 0.29) is 0 Å². The fourth-order valence-corrected chi connectivity index (χ4v) is 2.43. The zero-order chi connectivity index (χ0) is 13.1. The number of methoxy groups -OCH3 is 2. The zero-order valence-corrected chi connectivity index (χ0v) is 11.6. The molecule has 3 nitrogen and oxygen atoms in total. The summed E-state index contributed by atoms with van der Waals surface area (Å²) in [5, 5.41) is 0. The van der Waals surface area contributed by atoms with Gasteiger partial charge in [0.15, 0.2) is 0 Å². The second kappa shape index (κ2) is 5.61. The van der Waals surface area contributed by atoms with Gasteiger partial charge in [-0.2, -0.15) is 0 Å². The molecule has 0 amide bonds. The molecule has 1 aromatic carbocycles. The zero-order valence-electron chi connectivity index (χ0n) is 11.6. The first-order valence-electron chi connectivity index (χ1n) is 6.57. The van der Waals surface area contributed by atoms with Gasteiger partial charge >= 0.3 is 0 Å². The molecule has 0 spiro atoms. The second-order valence-electron chi connectivity index (χ2n) is 4.83. The van der Waals surface area contributed by atoms with E-state index in [1.165, 1.54) is 5.56 Å². The molecule has 100 valence electrons. The molecule has 3 heteroatoms. The van der Waals surface area contributed by atoms with Crippen molar-refractivity contribution in [1.29, 1.82) is 0 Å². The van der Waals surface area contributed by atoms with Crippen molar-refractivity contribution in [2.45, 2.75) is 44.8 Å². The molecule has 1 aromatic rings. The lowest BCUT2D eigenvalue weighted by Crippen LogP contribution is -2.05. The summed E-state index contributed by atoms with van der Waals surface area (Å²) in [5.74, 6) is 2.29. The van der Waals surface area contributed by atoms with E-state index in [4.69, 9.17) is 14.2 Å². The first-order chi connectivity index (χ1) is 8.69. The summed E-state index contributed by atoms with van der Waals surface area (Å²) in [6.07, 6.45) is 2.96. The molecule has 1 fully saturated rings. The van der Waals surface area contributed by atoms with Crippen LogP contribution in [0.15, 0.2) is 18.2 Å². The molecule has 2 rings (SSSR count). The molecule has 0 N–H and O–H groups in total. The molecule has 3 unspecified atom stereocenters. The first kappa shape index (κ1) is 13.2. The van der Waals surface area contributed by atoms with Crippen molar-refractivity contribution in [2.75, 3.05) is 14.2 Å². The summed E-state index contributed by atoms with van der Waals surface area (Å²) in [7, 11) is 3.41. The summed E-state index contributed by atoms with van der Waals surface area (Å²) >= 11 is 0. The maximum Gasteiger partial charge on any atom is 0.122 e. The smallest absolute Gasteiger partial charge is 0.122 e. The van der Waals surface area contributed by atoms with Crippen molar-refractivity contribution in [2.24, 2.45) is 0 Å². The Morgan fingerprint density at radius 3 is 2.50 bits per heavy atom. The van der Waals surface area contributed by atoms with E-state index in [0.717, 1.165) is 24.3 Å². The van der Waals surface area contributed by atoms with Crippen LogP contribution in [-0.4, -0.2) is 26.4 Å². The average molecular weight is 250 g/mol. The largest absolute Gasteiger partial charge is 0.497 e. The van der Waals surface area contributed by atoms with E-state index in [9.17, 15) is 0 Å². The van der Waals surface area contributed by atoms with E-state index in [2.05, 4.69) is 19.9 Å². The summed E-state index contributed by atoms with van der Waals surface area (Å²) < 4.78 is 16.3. The summed E-state index contributed by atoms with van der Waals surface area (Å²) in [6.45, 7) is 4.33. The predicted molar refractivity (Wildman–Crippen MR) is 71.5 cm³/mol. The van der Waals surface area contributed by atoms with E-state index >= 15 is 0 Å². The second-order valence-corrected chi connectivity index (χ2v) is 4.83. The first-order valence-corrected chi connectivity index (χ1v) is 6.57. The number of hydrogen-bond donors (Lipinski definition) is 0. The quantitative estimate of drug-likeness (QED) is 0.725. The Hall–Kier alpha value is -1.22. The third-order valence-electron chi connectivity index (χ3n) is 3.72. The highest BCUT2D eigenvalue weighted by Crippen LogP contribution is 2.39. The van der Waals surface area contributed by atoms with Gasteiger partial charge < -0.3 is 14.2 Å². The van der Waals surface area contributed by atoms with Crippen LogP contribution in [-0.2, 0) is 4.74 Å². The van der Waals surface area contributed by atoms with Gasteiger partial charge in [0.25, 0.3) is 0 Å². The van der Waals surface area contributed by atoms with Crippen LogP contribution in [0.4, 0.5) is 0 Å². The molecule has 0 bridgehead atoms. The maximum absolute atomic E-state index is 5.53. The van der Waals surface area contributed by atoms with Crippen molar-refractivity contribution in [1.82, 2.24) is 0 Å². The Kier molecular flexibility index (Phi) is 4.12. The molecule has 1 saturated heterocycles. The van der Waals surface area contributed by atoms with E-state index in [0.29, 0.717) is 18.1 Å². The average Bonchev–Trinajstić information content (AvgIpc) is 3.10. The van der Waals surface area contributed by atoms with Gasteiger partial charge in [0.05, 0.1) is 26.4 Å². The van der Waals surface area contributed by atoms with E-state index in [1.54, 1.807) is 14.2 Å². The minimum absolute atomic E-state index is 0.408. The van der Waals surface area contributed by atoms with Gasteiger partial charge in [0.1, 0.15) is 11.5 Å². The van der Waals surface area contributed by atoms with Crippen molar-refractivity contribution in [3.8, 4) is 11.5 Å². The minimum atomic E-state index is 0.408. The Bertz CT molecular complexity index is 403. The topological polar surface area (TPSA) is 31.0 Å². The van der Waals surface area contributed by atoms with Crippen LogP contribution in [0.2, 0.25) is 0 Å². The third-order valence-corrected chi connectivity index (χ3v) is 3.72. The van der Waals surface area contributed by atoms with Crippen LogP contribution in [0.25, 0.3) is 0 Å². The standard InChI is InChI=1S/C15H22O3/c1-5-11(8-15-10(2)18-15)13-9-12(16-3)6-7-14(13)17-4/h6-7,9-11,15H,5,8H2,1-4H3. The normalized spacial score (nSPS) is 23.6. The number of rotatable bonds is 6. The van der Waals surface area contributed by atoms with E-state index < -0.39 is 0 Å². The molecule has 3 atom stereocenters. The van der Waals surface area contributed by atoms with Crippen LogP contribution in [0.1, 0.15) is 38.2 Å². The van der Waals surface area contributed by atoms with Gasteiger partial charge in [-0.25, -0.2) is 0 Å². The van der Waals surface area contributed by atoms with Crippen LogP contribution < -0.4 is 9.47 Å². The molecule has 0 saturated carbocycles. The van der Waals surface area contributed by atoms with Crippen molar-refractivity contribution in [3.63, 3.8) is 0 Å². The molecule has 0 aromatic heterocycles. The van der Waals surface area contributed by atoms with Gasteiger partial charge in [-0.15, -0.1) is 0 Å². The van der Waals surface area contributed by atoms with Crippen molar-refractivity contribution >= 4 is 0 Å². The molecule has 18 heavy (non-hydrogen) atoms. The molecule has 1 heterocycles. The van der Waals surface area contributed by atoms with Gasteiger partial charge in [0.2, 0.25) is 0 Å². The molecule has 0 aliphatic carbocycles. The Labute approximate surface area is 109 Å². The lowest BCUT2D eigenvalue weighted by molar-refractivity contribution is 0.351. The number of ether oxygens (including phenoxy) is 3. The predicted octanol–water partition coefficient (Wildman–Crippen LogP) is 3.37. The van der Waals surface area contributed by atoms with Gasteiger partial charge in [-0.05, 0) is 43.9 Å². The van der Waals surface area contributed by atoms with E-state index in [1.807, 2.05) is 12.1 Å². The Morgan fingerprint density at radius 1 is 1.28 bits per heavy atom. The van der Waals surface area contributed by atoms with Crippen LogP contribution in [0, 0.1) is 0 Å². The van der Waals surface area contributed by atoms with Gasteiger partial charge in [0, 0.05) is 5.56 Å². The fourth-order valence-electron chi connectivity index (χ4n) is 2.43. The van der Waals surface area contributed by atoms with Crippen LogP contribution in [0.5, 0.6) is 11.5 Å². The third kappa shape index (κ3) is 2.78. The van der Waals surface area contributed by atoms with Crippen molar-refractivity contribution in [3.05, 3.63) is 23.8 Å². The molecular formula is C15H22O3. The molecule has 1 aliphatic rings. The lowest BCUT2D eigenvalue weighted by atomic mass is 9.90. The van der Waals surface area contributed by atoms with Gasteiger partial charge in [-0.3, -0.25) is 0 Å². The van der Waals surface area contributed by atoms with Crippen molar-refractivity contribution < 1.29 is 14.2 Å². The lowest BCUT2D eigenvalue weighted by Gasteiger charge is -2.18. The highest BCUT2D eigenvalue weighted by molar-refractivity contribution is 5.42.